The standard InChI is InChI=1S/C17H16ClNO5/c1-3-24-15-9-13(11(17(21)22)8-14(15)23-2)19-16(20)10-6-4-5-7-12(10)18/h4-9H,3H2,1-2H3,(H,19,20)(H,21,22)/p-1. The van der Waals surface area contributed by atoms with E-state index in [4.69, 9.17) is 21.1 Å². The lowest BCUT2D eigenvalue weighted by Crippen LogP contribution is -2.25. The maximum absolute atomic E-state index is 12.4. The summed E-state index contributed by atoms with van der Waals surface area (Å²) >= 11 is 5.98. The number of amides is 1. The van der Waals surface area contributed by atoms with Crippen LogP contribution in [-0.4, -0.2) is 25.6 Å². The fourth-order valence-electron chi connectivity index (χ4n) is 2.10. The third-order valence-electron chi connectivity index (χ3n) is 3.19. The summed E-state index contributed by atoms with van der Waals surface area (Å²) < 4.78 is 10.5. The molecule has 0 radical (unpaired) electrons. The van der Waals surface area contributed by atoms with Crippen LogP contribution in [0.4, 0.5) is 5.69 Å². The van der Waals surface area contributed by atoms with E-state index in [2.05, 4.69) is 5.32 Å². The Morgan fingerprint density at radius 3 is 2.46 bits per heavy atom. The number of nitrogens with one attached hydrogen (secondary N) is 1. The van der Waals surface area contributed by atoms with Crippen LogP contribution in [0, 0.1) is 0 Å². The molecule has 1 amide bonds. The van der Waals surface area contributed by atoms with Crippen LogP contribution in [0.15, 0.2) is 36.4 Å². The van der Waals surface area contributed by atoms with E-state index in [9.17, 15) is 14.7 Å². The average Bonchev–Trinajstić information content (AvgIpc) is 2.55. The first-order valence-electron chi connectivity index (χ1n) is 7.10. The number of carbonyl (C=O) groups is 2. The highest BCUT2D eigenvalue weighted by Crippen LogP contribution is 2.34. The number of aromatic carboxylic acids is 1. The lowest BCUT2D eigenvalue weighted by molar-refractivity contribution is -0.254. The van der Waals surface area contributed by atoms with Crippen molar-refractivity contribution in [2.75, 3.05) is 19.0 Å². The molecule has 0 heterocycles. The summed E-state index contributed by atoms with van der Waals surface area (Å²) in [5.74, 6) is -1.47. The van der Waals surface area contributed by atoms with Crippen molar-refractivity contribution in [3.63, 3.8) is 0 Å². The lowest BCUT2D eigenvalue weighted by atomic mass is 10.1. The van der Waals surface area contributed by atoms with Gasteiger partial charge in [-0.2, -0.15) is 0 Å². The number of hydrogen-bond donors (Lipinski definition) is 1. The van der Waals surface area contributed by atoms with Gasteiger partial charge in [-0.25, -0.2) is 0 Å². The van der Waals surface area contributed by atoms with Gasteiger partial charge in [0.15, 0.2) is 11.5 Å². The fourth-order valence-corrected chi connectivity index (χ4v) is 2.32. The van der Waals surface area contributed by atoms with Gasteiger partial charge in [0.2, 0.25) is 0 Å². The van der Waals surface area contributed by atoms with Crippen LogP contribution >= 0.6 is 11.6 Å². The van der Waals surface area contributed by atoms with Crippen molar-refractivity contribution in [2.45, 2.75) is 6.92 Å². The van der Waals surface area contributed by atoms with Crippen LogP contribution in [0.5, 0.6) is 11.5 Å². The minimum atomic E-state index is -1.45. The summed E-state index contributed by atoms with van der Waals surface area (Å²) in [6, 6.07) is 9.05. The Morgan fingerprint density at radius 2 is 1.88 bits per heavy atom. The second kappa shape index (κ2) is 7.70. The quantitative estimate of drug-likeness (QED) is 0.865. The van der Waals surface area contributed by atoms with E-state index in [0.29, 0.717) is 12.4 Å². The molecule has 2 aromatic carbocycles. The maximum atomic E-state index is 12.4. The summed E-state index contributed by atoms with van der Waals surface area (Å²) in [6.45, 7) is 2.12. The topological polar surface area (TPSA) is 87.7 Å². The van der Waals surface area contributed by atoms with Crippen LogP contribution in [0.25, 0.3) is 0 Å². The lowest BCUT2D eigenvalue weighted by Gasteiger charge is -2.17. The average molecular weight is 349 g/mol. The minimum absolute atomic E-state index is 0.0316. The Balaban J connectivity index is 2.44. The molecule has 0 aliphatic carbocycles. The molecule has 0 saturated carbocycles. The number of rotatable bonds is 6. The van der Waals surface area contributed by atoms with Crippen LogP contribution in [-0.2, 0) is 0 Å². The molecular weight excluding hydrogens is 334 g/mol. The van der Waals surface area contributed by atoms with E-state index in [-0.39, 0.29) is 27.6 Å². The van der Waals surface area contributed by atoms with Gasteiger partial charge in [-0.1, -0.05) is 23.7 Å². The largest absolute Gasteiger partial charge is 0.545 e. The zero-order valence-electron chi connectivity index (χ0n) is 13.1. The highest BCUT2D eigenvalue weighted by molar-refractivity contribution is 6.34. The van der Waals surface area contributed by atoms with Gasteiger partial charge in [0, 0.05) is 11.6 Å². The molecular formula is C17H15ClNO5-. The molecule has 6 nitrogen and oxygen atoms in total. The summed E-state index contributed by atoms with van der Waals surface area (Å²) in [5, 5.41) is 14.1. The number of hydrogen-bond acceptors (Lipinski definition) is 5. The molecule has 0 spiro atoms. The molecule has 0 fully saturated rings. The number of anilines is 1. The molecule has 0 aliphatic heterocycles. The Labute approximate surface area is 144 Å². The summed E-state index contributed by atoms with van der Waals surface area (Å²) in [5.41, 5.74) is 0.0251. The Hall–Kier alpha value is -2.73. The van der Waals surface area contributed by atoms with Crippen molar-refractivity contribution in [1.82, 2.24) is 0 Å². The zero-order valence-corrected chi connectivity index (χ0v) is 13.8. The van der Waals surface area contributed by atoms with E-state index >= 15 is 0 Å². The predicted octanol–water partition coefficient (Wildman–Crippen LogP) is 2.36. The van der Waals surface area contributed by atoms with Crippen LogP contribution < -0.4 is 19.9 Å². The fraction of sp³-hybridized carbons (Fsp3) is 0.176. The molecule has 0 saturated heterocycles. The Kier molecular flexibility index (Phi) is 5.65. The number of carbonyl (C=O) groups excluding carboxylic acids is 2. The minimum Gasteiger partial charge on any atom is -0.545 e. The van der Waals surface area contributed by atoms with Crippen molar-refractivity contribution < 1.29 is 24.2 Å². The number of carboxylic acids is 1. The molecule has 24 heavy (non-hydrogen) atoms. The monoisotopic (exact) mass is 348 g/mol. The van der Waals surface area contributed by atoms with Crippen LogP contribution in [0.2, 0.25) is 5.02 Å². The van der Waals surface area contributed by atoms with Gasteiger partial charge < -0.3 is 24.7 Å². The zero-order chi connectivity index (χ0) is 17.7. The van der Waals surface area contributed by atoms with E-state index in [1.807, 2.05) is 0 Å². The smallest absolute Gasteiger partial charge is 0.257 e. The first-order valence-corrected chi connectivity index (χ1v) is 7.47. The Morgan fingerprint density at radius 1 is 1.17 bits per heavy atom. The molecule has 2 aromatic rings. The molecule has 7 heteroatoms. The number of benzene rings is 2. The van der Waals surface area contributed by atoms with Gasteiger partial charge in [-0.15, -0.1) is 0 Å². The van der Waals surface area contributed by atoms with Crippen molar-refractivity contribution in [1.29, 1.82) is 0 Å². The molecule has 2 rings (SSSR count). The van der Waals surface area contributed by atoms with E-state index in [1.54, 1.807) is 25.1 Å². The molecule has 0 bridgehead atoms. The highest BCUT2D eigenvalue weighted by atomic mass is 35.5. The van der Waals surface area contributed by atoms with E-state index in [1.165, 1.54) is 25.3 Å². The van der Waals surface area contributed by atoms with Gasteiger partial charge in [0.25, 0.3) is 5.91 Å². The van der Waals surface area contributed by atoms with Crippen molar-refractivity contribution >= 4 is 29.2 Å². The van der Waals surface area contributed by atoms with Gasteiger partial charge in [-0.05, 0) is 25.1 Å². The first-order chi connectivity index (χ1) is 11.5. The molecule has 0 unspecified atom stereocenters. The van der Waals surface area contributed by atoms with Crippen molar-refractivity contribution in [2.24, 2.45) is 0 Å². The summed E-state index contributed by atoms with van der Waals surface area (Å²) in [6.07, 6.45) is 0. The molecule has 0 atom stereocenters. The summed E-state index contributed by atoms with van der Waals surface area (Å²) in [4.78, 5) is 23.7. The second-order valence-electron chi connectivity index (χ2n) is 4.70. The second-order valence-corrected chi connectivity index (χ2v) is 5.11. The third kappa shape index (κ3) is 3.78. The highest BCUT2D eigenvalue weighted by Gasteiger charge is 2.16. The van der Waals surface area contributed by atoms with Gasteiger partial charge in [0.05, 0.1) is 36.0 Å². The van der Waals surface area contributed by atoms with Crippen molar-refractivity contribution in [3.05, 3.63) is 52.5 Å². The molecule has 0 aromatic heterocycles. The summed E-state index contributed by atoms with van der Waals surface area (Å²) in [7, 11) is 1.39. The number of methoxy groups -OCH3 is 1. The first kappa shape index (κ1) is 17.6. The maximum Gasteiger partial charge on any atom is 0.257 e. The van der Waals surface area contributed by atoms with Crippen LogP contribution in [0.1, 0.15) is 27.6 Å². The normalized spacial score (nSPS) is 10.1. The number of halogens is 1. The predicted molar refractivity (Wildman–Crippen MR) is 87.9 cm³/mol. The molecule has 0 aliphatic rings. The Bertz CT molecular complexity index is 776. The van der Waals surface area contributed by atoms with Crippen LogP contribution in [0.3, 0.4) is 0 Å². The molecule has 126 valence electrons. The van der Waals surface area contributed by atoms with Gasteiger partial charge >= 0.3 is 0 Å². The third-order valence-corrected chi connectivity index (χ3v) is 3.52. The SMILES string of the molecule is CCOc1cc(NC(=O)c2ccccc2Cl)c(C(=O)[O-])cc1OC. The van der Waals surface area contributed by atoms with E-state index in [0.717, 1.165) is 0 Å². The number of ether oxygens (including phenoxy) is 2. The van der Waals surface area contributed by atoms with Crippen molar-refractivity contribution in [3.8, 4) is 11.5 Å². The van der Waals surface area contributed by atoms with Gasteiger partial charge in [-0.3, -0.25) is 4.79 Å². The number of carboxylic acid groups (broad SMARTS) is 1. The van der Waals surface area contributed by atoms with Gasteiger partial charge in [0.1, 0.15) is 0 Å². The molecule has 1 N–H and O–H groups in total. The van der Waals surface area contributed by atoms with E-state index < -0.39 is 11.9 Å².